The molecule has 0 bridgehead atoms. The number of hydrogen-bond donors (Lipinski definition) is 0. The number of benzene rings is 1. The number of ether oxygens (including phenoxy) is 1. The van der Waals surface area contributed by atoms with Gasteiger partial charge in [0.2, 0.25) is 0 Å². The van der Waals surface area contributed by atoms with Gasteiger partial charge in [-0.2, -0.15) is 14.0 Å². The van der Waals surface area contributed by atoms with E-state index >= 15 is 0 Å². The first-order valence-electron chi connectivity index (χ1n) is 4.15. The summed E-state index contributed by atoms with van der Waals surface area (Å²) in [4.78, 5) is 10.9. The number of halogens is 3. The Kier molecular flexibility index (Phi) is 3.51. The molecular weight excluding hydrogens is 223 g/mol. The molecule has 0 aliphatic rings. The molecule has 0 N–H and O–H groups in total. The zero-order valence-electron chi connectivity index (χ0n) is 8.13. The van der Waals surface area contributed by atoms with Crippen molar-refractivity contribution in [3.8, 4) is 11.8 Å². The van der Waals surface area contributed by atoms with Crippen LogP contribution in [0.25, 0.3) is 0 Å². The molecule has 0 spiro atoms. The molecule has 3 nitrogen and oxygen atoms in total. The van der Waals surface area contributed by atoms with Crippen molar-refractivity contribution >= 4 is 5.78 Å². The van der Waals surface area contributed by atoms with E-state index in [0.29, 0.717) is 6.07 Å². The number of carbonyl (C=O) groups is 1. The molecule has 16 heavy (non-hydrogen) atoms. The maximum Gasteiger partial charge on any atom is 0.387 e. The Bertz CT molecular complexity index is 466. The molecule has 0 saturated heterocycles. The van der Waals surface area contributed by atoms with Gasteiger partial charge < -0.3 is 4.74 Å². The van der Waals surface area contributed by atoms with Crippen LogP contribution in [-0.4, -0.2) is 12.4 Å². The highest BCUT2D eigenvalue weighted by atomic mass is 19.3. The average Bonchev–Trinajstić information content (AvgIpc) is 2.18. The molecule has 0 aromatic heterocycles. The summed E-state index contributed by atoms with van der Waals surface area (Å²) in [5.41, 5.74) is -0.780. The normalized spacial score (nSPS) is 10.0. The van der Waals surface area contributed by atoms with E-state index in [-0.39, 0.29) is 5.56 Å². The highest BCUT2D eigenvalue weighted by molar-refractivity contribution is 5.95. The minimum absolute atomic E-state index is 0.386. The third-order valence-corrected chi connectivity index (χ3v) is 1.79. The number of hydrogen-bond acceptors (Lipinski definition) is 3. The molecule has 84 valence electrons. The summed E-state index contributed by atoms with van der Waals surface area (Å²) in [5, 5.41) is 8.56. The van der Waals surface area contributed by atoms with Crippen molar-refractivity contribution in [3.63, 3.8) is 0 Å². The second-order valence-corrected chi connectivity index (χ2v) is 2.87. The first kappa shape index (κ1) is 12.0. The lowest BCUT2D eigenvalue weighted by Gasteiger charge is -2.08. The number of alkyl halides is 2. The van der Waals surface area contributed by atoms with Crippen molar-refractivity contribution in [3.05, 3.63) is 29.1 Å². The van der Waals surface area contributed by atoms with Gasteiger partial charge in [0.05, 0.1) is 11.1 Å². The average molecular weight is 229 g/mol. The highest BCUT2D eigenvalue weighted by Gasteiger charge is 2.16. The monoisotopic (exact) mass is 229 g/mol. The lowest BCUT2D eigenvalue weighted by atomic mass is 10.1. The van der Waals surface area contributed by atoms with Crippen LogP contribution in [0.15, 0.2) is 12.1 Å². The van der Waals surface area contributed by atoms with Gasteiger partial charge in [-0.05, 0) is 19.1 Å². The van der Waals surface area contributed by atoms with Gasteiger partial charge in [-0.1, -0.05) is 0 Å². The first-order valence-corrected chi connectivity index (χ1v) is 4.15. The van der Waals surface area contributed by atoms with Gasteiger partial charge in [-0.3, -0.25) is 4.79 Å². The van der Waals surface area contributed by atoms with Crippen LogP contribution in [0.2, 0.25) is 0 Å². The fourth-order valence-corrected chi connectivity index (χ4v) is 1.10. The minimum atomic E-state index is -3.14. The van der Waals surface area contributed by atoms with Crippen molar-refractivity contribution in [1.82, 2.24) is 0 Å². The number of Topliss-reactive ketones (excluding diaryl/α,β-unsaturated/α-hetero) is 1. The fraction of sp³-hybridized carbons (Fsp3) is 0.200. The number of rotatable bonds is 3. The Hall–Kier alpha value is -2.03. The Labute approximate surface area is 89.1 Å². The number of nitrogens with zero attached hydrogens (tertiary/aromatic N) is 1. The smallest absolute Gasteiger partial charge is 0.387 e. The van der Waals surface area contributed by atoms with Crippen LogP contribution >= 0.6 is 0 Å². The van der Waals surface area contributed by atoms with Crippen molar-refractivity contribution in [1.29, 1.82) is 5.26 Å². The van der Waals surface area contributed by atoms with Gasteiger partial charge in [0, 0.05) is 0 Å². The summed E-state index contributed by atoms with van der Waals surface area (Å²) in [6.07, 6.45) is 0. The van der Waals surface area contributed by atoms with Crippen molar-refractivity contribution in [2.45, 2.75) is 13.5 Å². The molecular formula is C10H6F3NO2. The third kappa shape index (κ3) is 2.51. The van der Waals surface area contributed by atoms with Crippen LogP contribution in [0.3, 0.4) is 0 Å². The van der Waals surface area contributed by atoms with Crippen LogP contribution in [0.4, 0.5) is 13.2 Å². The quantitative estimate of drug-likeness (QED) is 0.748. The van der Waals surface area contributed by atoms with E-state index in [9.17, 15) is 18.0 Å². The Balaban J connectivity index is 3.30. The molecule has 0 amide bonds. The third-order valence-electron chi connectivity index (χ3n) is 1.79. The topological polar surface area (TPSA) is 50.1 Å². The lowest BCUT2D eigenvalue weighted by molar-refractivity contribution is -0.0501. The zero-order valence-corrected chi connectivity index (χ0v) is 8.13. The number of ketones is 1. The van der Waals surface area contributed by atoms with Gasteiger partial charge in [-0.15, -0.1) is 0 Å². The fourth-order valence-electron chi connectivity index (χ4n) is 1.10. The summed E-state index contributed by atoms with van der Waals surface area (Å²) in [5.74, 6) is -2.09. The molecule has 1 aromatic rings. The van der Waals surface area contributed by atoms with E-state index < -0.39 is 29.5 Å². The summed E-state index contributed by atoms with van der Waals surface area (Å²) in [6.45, 7) is -2.06. The summed E-state index contributed by atoms with van der Waals surface area (Å²) in [7, 11) is 0. The molecule has 0 aliphatic carbocycles. The summed E-state index contributed by atoms with van der Waals surface area (Å²) in [6, 6.07) is 2.98. The molecule has 0 atom stereocenters. The van der Waals surface area contributed by atoms with E-state index in [4.69, 9.17) is 5.26 Å². The van der Waals surface area contributed by atoms with Crippen molar-refractivity contribution < 1.29 is 22.7 Å². The van der Waals surface area contributed by atoms with E-state index in [2.05, 4.69) is 4.74 Å². The zero-order chi connectivity index (χ0) is 12.3. The molecule has 1 rings (SSSR count). The van der Waals surface area contributed by atoms with Gasteiger partial charge in [0.1, 0.15) is 17.6 Å². The maximum absolute atomic E-state index is 13.2. The highest BCUT2D eigenvalue weighted by Crippen LogP contribution is 2.24. The van der Waals surface area contributed by atoms with Crippen LogP contribution < -0.4 is 4.74 Å². The Morgan fingerprint density at radius 1 is 1.50 bits per heavy atom. The lowest BCUT2D eigenvalue weighted by Crippen LogP contribution is -2.06. The summed E-state index contributed by atoms with van der Waals surface area (Å²) >= 11 is 0. The van der Waals surface area contributed by atoms with E-state index in [0.717, 1.165) is 13.0 Å². The van der Waals surface area contributed by atoms with Crippen molar-refractivity contribution in [2.24, 2.45) is 0 Å². The van der Waals surface area contributed by atoms with E-state index in [1.54, 1.807) is 0 Å². The maximum atomic E-state index is 13.2. The van der Waals surface area contributed by atoms with Gasteiger partial charge >= 0.3 is 6.61 Å². The Morgan fingerprint density at radius 3 is 2.56 bits per heavy atom. The van der Waals surface area contributed by atoms with Crippen LogP contribution in [0.1, 0.15) is 22.8 Å². The van der Waals surface area contributed by atoms with Gasteiger partial charge in [0.15, 0.2) is 5.78 Å². The predicted molar refractivity (Wildman–Crippen MR) is 47.8 cm³/mol. The number of nitriles is 1. The van der Waals surface area contributed by atoms with Gasteiger partial charge in [-0.25, -0.2) is 4.39 Å². The van der Waals surface area contributed by atoms with Gasteiger partial charge in [0.25, 0.3) is 0 Å². The van der Waals surface area contributed by atoms with Crippen LogP contribution in [0, 0.1) is 17.1 Å². The first-order chi connectivity index (χ1) is 7.45. The molecule has 0 saturated carbocycles. The van der Waals surface area contributed by atoms with Crippen LogP contribution in [-0.2, 0) is 0 Å². The molecule has 0 fully saturated rings. The molecule has 0 heterocycles. The molecule has 6 heteroatoms. The van der Waals surface area contributed by atoms with Crippen LogP contribution in [0.5, 0.6) is 5.75 Å². The standard InChI is InChI=1S/C10H6F3NO2/c1-5(15)7-3-9(16-10(12)13)6(4-14)2-8(7)11/h2-3,10H,1H3. The minimum Gasteiger partial charge on any atom is -0.433 e. The molecule has 1 aromatic carbocycles. The van der Waals surface area contributed by atoms with E-state index in [1.165, 1.54) is 6.07 Å². The SMILES string of the molecule is CC(=O)c1cc(OC(F)F)c(C#N)cc1F. The second-order valence-electron chi connectivity index (χ2n) is 2.87. The number of carbonyl (C=O) groups excluding carboxylic acids is 1. The largest absolute Gasteiger partial charge is 0.433 e. The molecule has 0 unspecified atom stereocenters. The molecule has 0 aliphatic heterocycles. The molecule has 0 radical (unpaired) electrons. The van der Waals surface area contributed by atoms with E-state index in [1.807, 2.05) is 0 Å². The van der Waals surface area contributed by atoms with Crippen molar-refractivity contribution in [2.75, 3.05) is 0 Å². The summed E-state index contributed by atoms with van der Waals surface area (Å²) < 4.78 is 41.1. The second kappa shape index (κ2) is 4.66. The Morgan fingerprint density at radius 2 is 2.12 bits per heavy atom. The predicted octanol–water partition coefficient (Wildman–Crippen LogP) is 2.50.